The largest absolute Gasteiger partial charge is 0.497 e. The second-order valence-electron chi connectivity index (χ2n) is 13.4. The standard InChI is InChI=1S/C38H45N3O4/c1-25-34(28-16-10-11-17-30(28)39-25)35-29(37(35,2)3)23-33(42)41(24-26-14-8-6-9-15-26)38(20-12-7-13-21-38)36(43)40-31-19-18-27(44-4)22-32(31)45-5/h6,8-11,14-19,22,29,35,39H,7,12-13,20-21,23-24H2,1-5H3,(H,40,43)/t29-,35+/m1/s1. The normalized spacial score (nSPS) is 19.9. The Bertz CT molecular complexity index is 1690. The molecule has 0 unspecified atom stereocenters. The van der Waals surface area contributed by atoms with Crippen LogP contribution in [0.3, 0.4) is 0 Å². The topological polar surface area (TPSA) is 83.7 Å². The lowest BCUT2D eigenvalue weighted by molar-refractivity contribution is -0.149. The zero-order valence-electron chi connectivity index (χ0n) is 27.1. The maximum Gasteiger partial charge on any atom is 0.250 e. The number of nitrogens with zero attached hydrogens (tertiary/aromatic N) is 1. The van der Waals surface area contributed by atoms with E-state index in [1.807, 2.05) is 35.2 Å². The summed E-state index contributed by atoms with van der Waals surface area (Å²) < 4.78 is 11.0. The molecule has 236 valence electrons. The van der Waals surface area contributed by atoms with Crippen LogP contribution in [0.5, 0.6) is 11.5 Å². The second-order valence-corrected chi connectivity index (χ2v) is 13.4. The summed E-state index contributed by atoms with van der Waals surface area (Å²) in [4.78, 5) is 34.7. The summed E-state index contributed by atoms with van der Waals surface area (Å²) in [6, 6.07) is 23.9. The van der Waals surface area contributed by atoms with Crippen LogP contribution < -0.4 is 14.8 Å². The fraction of sp³-hybridized carbons (Fsp3) is 0.421. The first kappa shape index (κ1) is 30.8. The van der Waals surface area contributed by atoms with Crippen molar-refractivity contribution in [1.82, 2.24) is 9.88 Å². The second kappa shape index (κ2) is 12.3. The van der Waals surface area contributed by atoms with Gasteiger partial charge in [-0.15, -0.1) is 0 Å². The van der Waals surface area contributed by atoms with Gasteiger partial charge in [0.25, 0.3) is 0 Å². The number of aromatic nitrogens is 1. The number of hydrogen-bond acceptors (Lipinski definition) is 4. The molecule has 2 amide bonds. The molecule has 2 aliphatic rings. The van der Waals surface area contributed by atoms with Crippen molar-refractivity contribution in [3.8, 4) is 11.5 Å². The molecule has 0 aliphatic heterocycles. The van der Waals surface area contributed by atoms with Crippen molar-refractivity contribution in [2.24, 2.45) is 11.3 Å². The number of benzene rings is 3. The Morgan fingerprint density at radius 1 is 0.933 bits per heavy atom. The molecule has 2 aliphatic carbocycles. The molecule has 1 aromatic heterocycles. The van der Waals surface area contributed by atoms with Crippen LogP contribution in [-0.2, 0) is 16.1 Å². The summed E-state index contributed by atoms with van der Waals surface area (Å²) >= 11 is 0. The van der Waals surface area contributed by atoms with Crippen molar-refractivity contribution in [3.63, 3.8) is 0 Å². The van der Waals surface area contributed by atoms with E-state index in [1.165, 1.54) is 16.6 Å². The van der Waals surface area contributed by atoms with Crippen LogP contribution in [0.15, 0.2) is 72.8 Å². The monoisotopic (exact) mass is 607 g/mol. The van der Waals surface area contributed by atoms with Crippen molar-refractivity contribution in [2.75, 3.05) is 19.5 Å². The van der Waals surface area contributed by atoms with Gasteiger partial charge in [-0.05, 0) is 66.3 Å². The molecular formula is C38H45N3O4. The van der Waals surface area contributed by atoms with E-state index in [0.717, 1.165) is 30.3 Å². The maximum absolute atomic E-state index is 14.7. The van der Waals surface area contributed by atoms with E-state index in [9.17, 15) is 9.59 Å². The summed E-state index contributed by atoms with van der Waals surface area (Å²) in [6.45, 7) is 7.07. The van der Waals surface area contributed by atoms with Gasteiger partial charge in [0.15, 0.2) is 0 Å². The number of carbonyl (C=O) groups excluding carboxylic acids is 2. The van der Waals surface area contributed by atoms with Crippen molar-refractivity contribution >= 4 is 28.4 Å². The SMILES string of the molecule is COc1ccc(NC(=O)C2(N(Cc3ccccc3)C(=O)C[C@@H]3[C@@H](c4c(C)[nH]c5ccccc45)C3(C)C)CCCCC2)c(OC)c1. The third-order valence-electron chi connectivity index (χ3n) is 10.5. The fourth-order valence-electron chi connectivity index (χ4n) is 7.84. The number of hydrogen-bond donors (Lipinski definition) is 2. The van der Waals surface area contributed by atoms with Gasteiger partial charge in [0.05, 0.1) is 19.9 Å². The Labute approximate surface area is 266 Å². The molecule has 45 heavy (non-hydrogen) atoms. The molecule has 1 heterocycles. The number of aromatic amines is 1. The van der Waals surface area contributed by atoms with Gasteiger partial charge in [0.1, 0.15) is 17.0 Å². The summed E-state index contributed by atoms with van der Waals surface area (Å²) in [6.07, 6.45) is 4.45. The summed E-state index contributed by atoms with van der Waals surface area (Å²) in [5.74, 6) is 1.48. The minimum atomic E-state index is -0.971. The number of para-hydroxylation sites is 1. The molecule has 0 spiro atoms. The van der Waals surface area contributed by atoms with E-state index in [4.69, 9.17) is 9.47 Å². The molecule has 7 heteroatoms. The molecule has 3 aromatic carbocycles. The van der Waals surface area contributed by atoms with Crippen LogP contribution in [0, 0.1) is 18.3 Å². The molecular weight excluding hydrogens is 562 g/mol. The highest BCUT2D eigenvalue weighted by Gasteiger charge is 2.60. The molecule has 6 rings (SSSR count). The molecule has 4 aromatic rings. The van der Waals surface area contributed by atoms with Gasteiger partial charge in [-0.2, -0.15) is 0 Å². The number of aryl methyl sites for hydroxylation is 1. The predicted molar refractivity (Wildman–Crippen MR) is 179 cm³/mol. The average molecular weight is 608 g/mol. The van der Waals surface area contributed by atoms with E-state index in [-0.39, 0.29) is 29.1 Å². The lowest BCUT2D eigenvalue weighted by atomic mass is 9.78. The molecule has 0 bridgehead atoms. The molecule has 2 atom stereocenters. The number of anilines is 1. The summed E-state index contributed by atoms with van der Waals surface area (Å²) in [7, 11) is 3.18. The van der Waals surface area contributed by atoms with Crippen LogP contribution in [0.25, 0.3) is 10.9 Å². The van der Waals surface area contributed by atoms with Crippen molar-refractivity contribution < 1.29 is 19.1 Å². The Morgan fingerprint density at radius 2 is 1.64 bits per heavy atom. The minimum absolute atomic E-state index is 0.0377. The number of methoxy groups -OCH3 is 2. The van der Waals surface area contributed by atoms with Crippen LogP contribution in [0.1, 0.15) is 75.1 Å². The van der Waals surface area contributed by atoms with E-state index in [0.29, 0.717) is 43.0 Å². The van der Waals surface area contributed by atoms with Crippen LogP contribution in [0.2, 0.25) is 0 Å². The van der Waals surface area contributed by atoms with E-state index >= 15 is 0 Å². The fourth-order valence-corrected chi connectivity index (χ4v) is 7.84. The molecule has 2 fully saturated rings. The van der Waals surface area contributed by atoms with Gasteiger partial charge in [-0.1, -0.05) is 81.6 Å². The Hall–Kier alpha value is -4.26. The Balaban J connectivity index is 1.34. The molecule has 0 radical (unpaired) electrons. The highest BCUT2D eigenvalue weighted by molar-refractivity contribution is 6.01. The van der Waals surface area contributed by atoms with Crippen molar-refractivity contribution in [1.29, 1.82) is 0 Å². The number of H-pyrrole nitrogens is 1. The Morgan fingerprint density at radius 3 is 2.36 bits per heavy atom. The van der Waals surface area contributed by atoms with Crippen LogP contribution >= 0.6 is 0 Å². The van der Waals surface area contributed by atoms with Crippen LogP contribution in [-0.4, -0.2) is 41.5 Å². The van der Waals surface area contributed by atoms with Gasteiger partial charge in [-0.25, -0.2) is 0 Å². The zero-order chi connectivity index (χ0) is 31.8. The van der Waals surface area contributed by atoms with Crippen molar-refractivity contribution in [2.45, 2.75) is 77.3 Å². The van der Waals surface area contributed by atoms with Gasteiger partial charge < -0.3 is 24.7 Å². The smallest absolute Gasteiger partial charge is 0.250 e. The number of amides is 2. The molecule has 0 saturated heterocycles. The number of rotatable bonds is 10. The maximum atomic E-state index is 14.7. The molecule has 2 N–H and O–H groups in total. The first-order valence-electron chi connectivity index (χ1n) is 16.1. The van der Waals surface area contributed by atoms with Gasteiger partial charge >= 0.3 is 0 Å². The number of nitrogens with one attached hydrogen (secondary N) is 2. The summed E-state index contributed by atoms with van der Waals surface area (Å²) in [5.41, 5.74) is 4.20. The minimum Gasteiger partial charge on any atom is -0.497 e. The van der Waals surface area contributed by atoms with E-state index in [2.05, 4.69) is 55.3 Å². The third kappa shape index (κ3) is 5.69. The number of ether oxygens (including phenoxy) is 2. The van der Waals surface area contributed by atoms with Crippen molar-refractivity contribution in [3.05, 3.63) is 89.6 Å². The zero-order valence-corrected chi connectivity index (χ0v) is 27.1. The first-order chi connectivity index (χ1) is 21.7. The summed E-state index contributed by atoms with van der Waals surface area (Å²) in [5, 5.41) is 4.41. The molecule has 7 nitrogen and oxygen atoms in total. The third-order valence-corrected chi connectivity index (χ3v) is 10.5. The quantitative estimate of drug-likeness (QED) is 0.191. The van der Waals surface area contributed by atoms with Gasteiger partial charge in [-0.3, -0.25) is 9.59 Å². The molecule has 2 saturated carbocycles. The lowest BCUT2D eigenvalue weighted by Gasteiger charge is -2.45. The van der Waals surface area contributed by atoms with Gasteiger partial charge in [0.2, 0.25) is 11.8 Å². The van der Waals surface area contributed by atoms with E-state index < -0.39 is 5.54 Å². The van der Waals surface area contributed by atoms with E-state index in [1.54, 1.807) is 32.4 Å². The number of carbonyl (C=O) groups is 2. The average Bonchev–Trinajstić information content (AvgIpc) is 3.40. The highest BCUT2D eigenvalue weighted by atomic mass is 16.5. The highest BCUT2D eigenvalue weighted by Crippen LogP contribution is 2.67. The predicted octanol–water partition coefficient (Wildman–Crippen LogP) is 7.99. The first-order valence-corrected chi connectivity index (χ1v) is 16.1. The lowest BCUT2D eigenvalue weighted by Crippen LogP contribution is -2.59. The van der Waals surface area contributed by atoms with Crippen LogP contribution in [0.4, 0.5) is 5.69 Å². The van der Waals surface area contributed by atoms with Gasteiger partial charge in [0, 0.05) is 35.6 Å². The Kier molecular flexibility index (Phi) is 8.38. The number of fused-ring (bicyclic) bond motifs is 1.